The average Bonchev–Trinajstić information content (AvgIpc) is 2.61. The zero-order chi connectivity index (χ0) is 9.97. The van der Waals surface area contributed by atoms with Gasteiger partial charge >= 0.3 is 0 Å². The maximum absolute atomic E-state index is 5.36. The van der Waals surface area contributed by atoms with Gasteiger partial charge in [0.1, 0.15) is 5.69 Å². The highest BCUT2D eigenvalue weighted by Gasteiger charge is 2.15. The fraction of sp³-hybridized carbons (Fsp3) is 0.500. The van der Waals surface area contributed by atoms with Crippen molar-refractivity contribution in [2.75, 3.05) is 31.1 Å². The van der Waals surface area contributed by atoms with Crippen LogP contribution in [0.25, 0.3) is 0 Å². The first-order valence-electron chi connectivity index (χ1n) is 4.71. The van der Waals surface area contributed by atoms with Gasteiger partial charge in [-0.3, -0.25) is 0 Å². The lowest BCUT2D eigenvalue weighted by Gasteiger charge is -2.26. The van der Waals surface area contributed by atoms with Gasteiger partial charge in [-0.05, 0) is 12.8 Å². The molecule has 2 heterocycles. The van der Waals surface area contributed by atoms with Crippen molar-refractivity contribution >= 4 is 16.5 Å². The number of anilines is 1. The summed E-state index contributed by atoms with van der Waals surface area (Å²) in [5.41, 5.74) is 0.795. The van der Waals surface area contributed by atoms with E-state index in [4.69, 9.17) is 6.42 Å². The Balaban J connectivity index is 2.19. The predicted molar refractivity (Wildman–Crippen MR) is 59.9 cm³/mol. The Morgan fingerprint density at radius 3 is 2.79 bits per heavy atom. The topological polar surface area (TPSA) is 28.2 Å². The predicted octanol–water partition coefficient (Wildman–Crippen LogP) is 0.842. The van der Waals surface area contributed by atoms with Crippen LogP contribution in [0.5, 0.6) is 0 Å². The molecule has 0 atom stereocenters. The molecule has 0 aromatic carbocycles. The van der Waals surface area contributed by atoms with E-state index in [1.807, 2.05) is 6.92 Å². The number of piperazine rings is 1. The van der Waals surface area contributed by atoms with E-state index in [1.54, 1.807) is 11.3 Å². The fourth-order valence-electron chi connectivity index (χ4n) is 1.51. The number of aromatic nitrogens is 1. The highest BCUT2D eigenvalue weighted by atomic mass is 32.1. The molecule has 1 aromatic rings. The summed E-state index contributed by atoms with van der Waals surface area (Å²) in [6.07, 6.45) is 5.36. The van der Waals surface area contributed by atoms with Crippen molar-refractivity contribution < 1.29 is 0 Å². The summed E-state index contributed by atoms with van der Waals surface area (Å²) in [7, 11) is 0. The normalized spacial score (nSPS) is 16.7. The fourth-order valence-corrected chi connectivity index (χ4v) is 2.43. The number of nitrogens with one attached hydrogen (secondary N) is 1. The summed E-state index contributed by atoms with van der Waals surface area (Å²) < 4.78 is 0. The Labute approximate surface area is 88.1 Å². The Morgan fingerprint density at radius 2 is 2.21 bits per heavy atom. The van der Waals surface area contributed by atoms with E-state index in [1.165, 1.54) is 0 Å². The van der Waals surface area contributed by atoms with Gasteiger partial charge in [0, 0.05) is 31.1 Å². The summed E-state index contributed by atoms with van der Waals surface area (Å²) in [4.78, 5) is 7.86. The van der Waals surface area contributed by atoms with Gasteiger partial charge in [-0.15, -0.1) is 17.8 Å². The average molecular weight is 207 g/mol. The summed E-state index contributed by atoms with van der Waals surface area (Å²) in [6, 6.07) is 0. The van der Waals surface area contributed by atoms with Gasteiger partial charge in [0.2, 0.25) is 0 Å². The first-order chi connectivity index (χ1) is 6.81. The van der Waals surface area contributed by atoms with Gasteiger partial charge in [-0.1, -0.05) is 0 Å². The monoisotopic (exact) mass is 207 g/mol. The van der Waals surface area contributed by atoms with Gasteiger partial charge in [0.25, 0.3) is 0 Å². The van der Waals surface area contributed by atoms with Crippen LogP contribution in [0.15, 0.2) is 0 Å². The number of terminal acetylenes is 1. The molecule has 0 amide bonds. The minimum absolute atomic E-state index is 0.795. The smallest absolute Gasteiger partial charge is 0.186 e. The second kappa shape index (κ2) is 3.99. The maximum Gasteiger partial charge on any atom is 0.186 e. The van der Waals surface area contributed by atoms with Crippen molar-refractivity contribution in [2.45, 2.75) is 6.92 Å². The molecule has 3 nitrogen and oxygen atoms in total. The Morgan fingerprint density at radius 1 is 1.50 bits per heavy atom. The molecule has 74 valence electrons. The van der Waals surface area contributed by atoms with E-state index in [9.17, 15) is 0 Å². The van der Waals surface area contributed by atoms with E-state index in [-0.39, 0.29) is 0 Å². The number of rotatable bonds is 1. The van der Waals surface area contributed by atoms with Gasteiger partial charge in [-0.25, -0.2) is 4.98 Å². The molecule has 1 N–H and O–H groups in total. The van der Waals surface area contributed by atoms with Crippen LogP contribution in [0.1, 0.15) is 10.6 Å². The Bertz CT molecular complexity index is 358. The third-order valence-electron chi connectivity index (χ3n) is 2.31. The van der Waals surface area contributed by atoms with E-state index in [0.717, 1.165) is 41.9 Å². The molecule has 1 saturated heterocycles. The van der Waals surface area contributed by atoms with Crippen LogP contribution in [-0.4, -0.2) is 31.2 Å². The van der Waals surface area contributed by atoms with Crippen LogP contribution in [0.3, 0.4) is 0 Å². The largest absolute Gasteiger partial charge is 0.346 e. The molecular weight excluding hydrogens is 194 g/mol. The molecule has 0 bridgehead atoms. The van der Waals surface area contributed by atoms with Crippen molar-refractivity contribution in [3.8, 4) is 12.3 Å². The van der Waals surface area contributed by atoms with Crippen LogP contribution in [0.2, 0.25) is 0 Å². The van der Waals surface area contributed by atoms with Crippen molar-refractivity contribution in [1.82, 2.24) is 10.3 Å². The lowest BCUT2D eigenvalue weighted by atomic mass is 10.4. The molecule has 2 rings (SSSR count). The first-order valence-corrected chi connectivity index (χ1v) is 5.52. The molecule has 1 aromatic heterocycles. The second-order valence-electron chi connectivity index (χ2n) is 3.28. The molecule has 1 aliphatic heterocycles. The SMILES string of the molecule is C#Cc1nc(N2CCNCC2)sc1C. The molecule has 0 radical (unpaired) electrons. The quantitative estimate of drug-likeness (QED) is 0.692. The minimum atomic E-state index is 0.795. The van der Waals surface area contributed by atoms with E-state index >= 15 is 0 Å². The molecule has 0 aliphatic carbocycles. The number of thiazole rings is 1. The van der Waals surface area contributed by atoms with Crippen LogP contribution in [0, 0.1) is 19.3 Å². The van der Waals surface area contributed by atoms with Gasteiger partial charge in [-0.2, -0.15) is 0 Å². The van der Waals surface area contributed by atoms with Gasteiger partial charge in [0.05, 0.1) is 0 Å². The van der Waals surface area contributed by atoms with Crippen LogP contribution >= 0.6 is 11.3 Å². The Hall–Kier alpha value is -1.05. The van der Waals surface area contributed by atoms with E-state index in [2.05, 4.69) is 21.1 Å². The third-order valence-corrected chi connectivity index (χ3v) is 3.34. The first kappa shape index (κ1) is 9.50. The Kier molecular flexibility index (Phi) is 2.71. The molecule has 0 saturated carbocycles. The molecule has 14 heavy (non-hydrogen) atoms. The zero-order valence-corrected chi connectivity index (χ0v) is 9.02. The standard InChI is InChI=1S/C10H13N3S/c1-3-9-8(2)14-10(12-9)13-6-4-11-5-7-13/h1,11H,4-7H2,2H3. The number of hydrogen-bond donors (Lipinski definition) is 1. The highest BCUT2D eigenvalue weighted by molar-refractivity contribution is 7.15. The van der Waals surface area contributed by atoms with Crippen LogP contribution in [0.4, 0.5) is 5.13 Å². The third kappa shape index (κ3) is 1.74. The summed E-state index contributed by atoms with van der Waals surface area (Å²) in [6.45, 7) is 6.14. The van der Waals surface area contributed by atoms with E-state index in [0.29, 0.717) is 0 Å². The number of aryl methyl sites for hydroxylation is 1. The number of hydrogen-bond acceptors (Lipinski definition) is 4. The van der Waals surface area contributed by atoms with Crippen molar-refractivity contribution in [2.24, 2.45) is 0 Å². The highest BCUT2D eigenvalue weighted by Crippen LogP contribution is 2.25. The molecule has 0 unspecified atom stereocenters. The van der Waals surface area contributed by atoms with Crippen molar-refractivity contribution in [1.29, 1.82) is 0 Å². The van der Waals surface area contributed by atoms with Gasteiger partial charge in [0.15, 0.2) is 5.13 Å². The zero-order valence-electron chi connectivity index (χ0n) is 8.21. The number of nitrogens with zero attached hydrogens (tertiary/aromatic N) is 2. The summed E-state index contributed by atoms with van der Waals surface area (Å²) in [5, 5.41) is 4.38. The molecule has 1 fully saturated rings. The van der Waals surface area contributed by atoms with Gasteiger partial charge < -0.3 is 10.2 Å². The maximum atomic E-state index is 5.36. The molecule has 4 heteroatoms. The lowest BCUT2D eigenvalue weighted by Crippen LogP contribution is -2.43. The molecule has 0 spiro atoms. The summed E-state index contributed by atoms with van der Waals surface area (Å²) >= 11 is 1.69. The van der Waals surface area contributed by atoms with Crippen molar-refractivity contribution in [3.63, 3.8) is 0 Å². The lowest BCUT2D eigenvalue weighted by molar-refractivity contribution is 0.588. The second-order valence-corrected chi connectivity index (χ2v) is 4.46. The van der Waals surface area contributed by atoms with Crippen LogP contribution < -0.4 is 10.2 Å². The van der Waals surface area contributed by atoms with E-state index < -0.39 is 0 Å². The molecule has 1 aliphatic rings. The van der Waals surface area contributed by atoms with Crippen molar-refractivity contribution in [3.05, 3.63) is 10.6 Å². The minimum Gasteiger partial charge on any atom is -0.346 e. The molecular formula is C10H13N3S. The van der Waals surface area contributed by atoms with Crippen LogP contribution in [-0.2, 0) is 0 Å². The summed E-state index contributed by atoms with van der Waals surface area (Å²) in [5.74, 6) is 2.61.